The van der Waals surface area contributed by atoms with Crippen LogP contribution in [0.3, 0.4) is 0 Å². The Labute approximate surface area is 191 Å². The van der Waals surface area contributed by atoms with Crippen LogP contribution < -0.4 is 15.0 Å². The van der Waals surface area contributed by atoms with Crippen molar-refractivity contribution in [3.8, 4) is 23.1 Å². The first-order valence-corrected chi connectivity index (χ1v) is 11.3. The van der Waals surface area contributed by atoms with Crippen LogP contribution in [0.4, 0.5) is 10.3 Å². The maximum absolute atomic E-state index is 13.1. The molecule has 4 aromatic heterocycles. The van der Waals surface area contributed by atoms with Crippen molar-refractivity contribution >= 4 is 16.0 Å². The van der Waals surface area contributed by atoms with Gasteiger partial charge in [0, 0.05) is 19.7 Å². The van der Waals surface area contributed by atoms with Crippen molar-refractivity contribution in [2.75, 3.05) is 11.8 Å². The van der Waals surface area contributed by atoms with Crippen LogP contribution in [0.15, 0.2) is 35.8 Å². The highest BCUT2D eigenvalue weighted by atomic mass is 32.2. The first-order valence-electron chi connectivity index (χ1n) is 9.75. The van der Waals surface area contributed by atoms with Crippen molar-refractivity contribution in [2.24, 2.45) is 7.05 Å². The van der Waals surface area contributed by atoms with Crippen LogP contribution in [0, 0.1) is 5.82 Å². The van der Waals surface area contributed by atoms with Crippen molar-refractivity contribution in [3.63, 3.8) is 0 Å². The minimum Gasteiger partial charge on any atom is -0.479 e. The normalized spacial score (nSPS) is 12.5. The molecule has 0 radical (unpaired) electrons. The lowest BCUT2D eigenvalue weighted by Gasteiger charge is -2.15. The van der Waals surface area contributed by atoms with Crippen molar-refractivity contribution < 1.29 is 17.5 Å². The van der Waals surface area contributed by atoms with E-state index >= 15 is 0 Å². The number of halogens is 1. The number of rotatable bonds is 8. The Morgan fingerprint density at radius 2 is 1.97 bits per heavy atom. The zero-order valence-electron chi connectivity index (χ0n) is 18.2. The molecule has 178 valence electrons. The number of methoxy groups -OCH3 is 1. The molecule has 14 nitrogen and oxygen atoms in total. The maximum atomic E-state index is 13.1. The average Bonchev–Trinajstić information content (AvgIpc) is 3.40. The quantitative estimate of drug-likeness (QED) is 0.343. The molecule has 16 heteroatoms. The summed E-state index contributed by atoms with van der Waals surface area (Å²) in [5.74, 6) is -0.800. The van der Waals surface area contributed by atoms with Gasteiger partial charge in [-0.15, -0.1) is 10.2 Å². The summed E-state index contributed by atoms with van der Waals surface area (Å²) in [5, 5.41) is 11.2. The number of aromatic nitrogens is 9. The van der Waals surface area contributed by atoms with Gasteiger partial charge in [-0.1, -0.05) is 0 Å². The van der Waals surface area contributed by atoms with Gasteiger partial charge in [0.1, 0.15) is 11.5 Å². The van der Waals surface area contributed by atoms with Crippen molar-refractivity contribution in [2.45, 2.75) is 18.6 Å². The molecule has 4 rings (SSSR count). The summed E-state index contributed by atoms with van der Waals surface area (Å²) < 4.78 is 49.4. The third-order valence-electron chi connectivity index (χ3n) is 4.72. The summed E-state index contributed by atoms with van der Waals surface area (Å²) in [4.78, 5) is 26.7. The van der Waals surface area contributed by atoms with E-state index in [2.05, 4.69) is 40.0 Å². The number of hydrogen-bond donors (Lipinski definition) is 2. The number of H-pyrrole nitrogens is 1. The van der Waals surface area contributed by atoms with E-state index in [4.69, 9.17) is 4.74 Å². The molecule has 0 aliphatic rings. The fraction of sp³-hybridized carbons (Fsp3) is 0.278. The number of nitrogens with zero attached hydrogens (tertiary/aromatic N) is 8. The molecular formula is C18H19FN10O4S. The number of hydrogen-bond acceptors (Lipinski definition) is 10. The highest BCUT2D eigenvalue weighted by Crippen LogP contribution is 2.27. The minimum atomic E-state index is -4.09. The summed E-state index contributed by atoms with van der Waals surface area (Å²) in [7, 11) is -1.10. The van der Waals surface area contributed by atoms with Gasteiger partial charge in [-0.25, -0.2) is 32.3 Å². The Morgan fingerprint density at radius 1 is 1.24 bits per heavy atom. The molecule has 4 heterocycles. The maximum Gasteiger partial charge on any atom is 0.279 e. The van der Waals surface area contributed by atoms with Gasteiger partial charge in [-0.2, -0.15) is 5.10 Å². The number of anilines is 1. The molecule has 0 saturated carbocycles. The van der Waals surface area contributed by atoms with Crippen molar-refractivity contribution in [1.82, 2.24) is 44.5 Å². The topological polar surface area (TPSA) is 175 Å². The van der Waals surface area contributed by atoms with E-state index in [1.807, 2.05) is 0 Å². The van der Waals surface area contributed by atoms with Crippen LogP contribution in [0.2, 0.25) is 0 Å². The first kappa shape index (κ1) is 23.0. The van der Waals surface area contributed by atoms with Gasteiger partial charge in [0.25, 0.3) is 5.56 Å². The summed E-state index contributed by atoms with van der Waals surface area (Å²) in [6.07, 6.45) is 4.59. The van der Waals surface area contributed by atoms with Gasteiger partial charge >= 0.3 is 0 Å². The van der Waals surface area contributed by atoms with Crippen LogP contribution in [0.5, 0.6) is 5.88 Å². The minimum absolute atomic E-state index is 0.0737. The Bertz CT molecular complexity index is 1480. The third kappa shape index (κ3) is 4.47. The van der Waals surface area contributed by atoms with E-state index in [0.717, 1.165) is 23.3 Å². The van der Waals surface area contributed by atoms with E-state index < -0.39 is 26.6 Å². The number of nitrogens with one attached hydrogen (secondary N) is 2. The molecular weight excluding hydrogens is 471 g/mol. The monoisotopic (exact) mass is 490 g/mol. The molecule has 0 aromatic carbocycles. The van der Waals surface area contributed by atoms with Crippen LogP contribution in [0.25, 0.3) is 17.2 Å². The van der Waals surface area contributed by atoms with Crippen LogP contribution >= 0.6 is 0 Å². The lowest BCUT2D eigenvalue weighted by atomic mass is 10.3. The van der Waals surface area contributed by atoms with Crippen LogP contribution in [-0.2, 0) is 23.5 Å². The largest absolute Gasteiger partial charge is 0.479 e. The average molecular weight is 490 g/mol. The molecule has 0 bridgehead atoms. The van der Waals surface area contributed by atoms with Crippen LogP contribution in [-0.4, -0.2) is 65.3 Å². The van der Waals surface area contributed by atoms with E-state index in [1.165, 1.54) is 18.7 Å². The molecule has 0 saturated heterocycles. The number of aromatic amines is 1. The highest BCUT2D eigenvalue weighted by Gasteiger charge is 2.29. The molecule has 4 aromatic rings. The molecule has 0 aliphatic heterocycles. The zero-order chi connectivity index (χ0) is 24.5. The highest BCUT2D eigenvalue weighted by molar-refractivity contribution is 7.93. The summed E-state index contributed by atoms with van der Waals surface area (Å²) in [5.41, 5.74) is -0.460. The molecule has 0 aliphatic carbocycles. The van der Waals surface area contributed by atoms with Gasteiger partial charge < -0.3 is 9.72 Å². The second kappa shape index (κ2) is 8.97. The molecule has 0 fully saturated rings. The van der Waals surface area contributed by atoms with Gasteiger partial charge in [-0.05, 0) is 13.0 Å². The van der Waals surface area contributed by atoms with Gasteiger partial charge in [0.15, 0.2) is 17.3 Å². The first-order chi connectivity index (χ1) is 16.2. The smallest absolute Gasteiger partial charge is 0.279 e. The Balaban J connectivity index is 1.77. The van der Waals surface area contributed by atoms with E-state index in [1.54, 1.807) is 19.3 Å². The van der Waals surface area contributed by atoms with Gasteiger partial charge in [0.05, 0.1) is 31.1 Å². The van der Waals surface area contributed by atoms with Crippen LogP contribution in [0.1, 0.15) is 12.7 Å². The predicted octanol–water partition coefficient (Wildman–Crippen LogP) is 0.0617. The Hall–Kier alpha value is -4.21. The van der Waals surface area contributed by atoms with E-state index in [9.17, 15) is 17.6 Å². The summed E-state index contributed by atoms with van der Waals surface area (Å²) >= 11 is 0. The standard InChI is InChI=1S/C18H19FN10O4S/c1-10(6-13-20-7-11(19)8-21-13)34(31,32)27-18-25-24-15(12-4-5-28(2)26-12)29(18)14-16(30)22-9-23-17(14)33-3/h4-5,7-10H,6H2,1-3H3,(H,25,27)(H,22,23,30). The molecule has 34 heavy (non-hydrogen) atoms. The molecule has 0 amide bonds. The van der Waals surface area contributed by atoms with E-state index in [0.29, 0.717) is 5.69 Å². The lowest BCUT2D eigenvalue weighted by Crippen LogP contribution is -2.30. The zero-order valence-corrected chi connectivity index (χ0v) is 19.0. The summed E-state index contributed by atoms with van der Waals surface area (Å²) in [6, 6.07) is 1.62. The lowest BCUT2D eigenvalue weighted by molar-refractivity contribution is 0.394. The molecule has 1 unspecified atom stereocenters. The second-order valence-corrected chi connectivity index (χ2v) is 9.23. The molecule has 2 N–H and O–H groups in total. The second-order valence-electron chi connectivity index (χ2n) is 7.13. The summed E-state index contributed by atoms with van der Waals surface area (Å²) in [6.45, 7) is 1.42. The van der Waals surface area contributed by atoms with E-state index in [-0.39, 0.29) is 35.6 Å². The van der Waals surface area contributed by atoms with Crippen molar-refractivity contribution in [3.05, 3.63) is 53.0 Å². The van der Waals surface area contributed by atoms with Gasteiger partial charge in [-0.3, -0.25) is 14.2 Å². The number of aryl methyl sites for hydroxylation is 1. The van der Waals surface area contributed by atoms with Gasteiger partial charge in [0.2, 0.25) is 21.9 Å². The SMILES string of the molecule is COc1nc[nH]c(=O)c1-n1c(NS(=O)(=O)C(C)Cc2ncc(F)cn2)nnc1-c1ccn(C)n1. The Kier molecular flexibility index (Phi) is 6.06. The Morgan fingerprint density at radius 3 is 2.62 bits per heavy atom. The molecule has 1 atom stereocenters. The number of ether oxygens (including phenoxy) is 1. The fourth-order valence-electron chi connectivity index (χ4n) is 3.02. The molecule has 0 spiro atoms. The third-order valence-corrected chi connectivity index (χ3v) is 6.42. The van der Waals surface area contributed by atoms with Crippen molar-refractivity contribution in [1.29, 1.82) is 0 Å². The number of sulfonamides is 1. The fourth-order valence-corrected chi connectivity index (χ4v) is 3.98. The predicted molar refractivity (Wildman–Crippen MR) is 116 cm³/mol.